The Hall–Kier alpha value is -2.49. The SMILES string of the molecule is Cc1cc(C)cc(NC(=O)N2CC3CCCN3c3ccccc32)c1. The van der Waals surface area contributed by atoms with Crippen molar-refractivity contribution in [2.45, 2.75) is 32.7 Å². The predicted octanol–water partition coefficient (Wildman–Crippen LogP) is 4.32. The molecule has 4 heteroatoms. The van der Waals surface area contributed by atoms with Gasteiger partial charge in [-0.15, -0.1) is 0 Å². The monoisotopic (exact) mass is 321 g/mol. The summed E-state index contributed by atoms with van der Waals surface area (Å²) in [5.41, 5.74) is 5.38. The number of para-hydroxylation sites is 2. The van der Waals surface area contributed by atoms with Gasteiger partial charge in [0.25, 0.3) is 0 Å². The van der Waals surface area contributed by atoms with Crippen LogP contribution in [-0.4, -0.2) is 25.2 Å². The zero-order chi connectivity index (χ0) is 16.7. The lowest BCUT2D eigenvalue weighted by molar-refractivity contribution is 0.256. The third kappa shape index (κ3) is 2.62. The molecule has 0 spiro atoms. The molecule has 2 aliphatic rings. The van der Waals surface area contributed by atoms with Crippen LogP contribution in [0.2, 0.25) is 0 Å². The lowest BCUT2D eigenvalue weighted by Gasteiger charge is -2.40. The van der Waals surface area contributed by atoms with Crippen LogP contribution in [0.4, 0.5) is 21.9 Å². The van der Waals surface area contributed by atoms with Crippen LogP contribution < -0.4 is 15.1 Å². The molecular weight excluding hydrogens is 298 g/mol. The van der Waals surface area contributed by atoms with Crippen LogP contribution in [0.3, 0.4) is 0 Å². The van der Waals surface area contributed by atoms with E-state index < -0.39 is 0 Å². The zero-order valence-electron chi connectivity index (χ0n) is 14.2. The molecule has 0 saturated carbocycles. The average molecular weight is 321 g/mol. The highest BCUT2D eigenvalue weighted by atomic mass is 16.2. The highest BCUT2D eigenvalue weighted by Crippen LogP contribution is 2.39. The molecule has 1 saturated heterocycles. The molecule has 24 heavy (non-hydrogen) atoms. The number of carbonyl (C=O) groups excluding carboxylic acids is 1. The molecule has 0 aromatic heterocycles. The minimum atomic E-state index is -0.0426. The maximum atomic E-state index is 12.9. The van der Waals surface area contributed by atoms with Gasteiger partial charge < -0.3 is 10.2 Å². The van der Waals surface area contributed by atoms with Crippen LogP contribution in [0.1, 0.15) is 24.0 Å². The number of anilines is 3. The Balaban J connectivity index is 1.63. The second-order valence-corrected chi connectivity index (χ2v) is 6.90. The van der Waals surface area contributed by atoms with Crippen LogP contribution in [0.15, 0.2) is 42.5 Å². The van der Waals surface area contributed by atoms with Crippen molar-refractivity contribution in [2.75, 3.05) is 28.2 Å². The van der Waals surface area contributed by atoms with Crippen molar-refractivity contribution in [1.82, 2.24) is 0 Å². The first-order valence-electron chi connectivity index (χ1n) is 8.64. The molecule has 4 rings (SSSR count). The molecule has 0 aliphatic carbocycles. The summed E-state index contributed by atoms with van der Waals surface area (Å²) in [6, 6.07) is 14.8. The minimum absolute atomic E-state index is 0.0426. The molecule has 2 aliphatic heterocycles. The average Bonchev–Trinajstić information content (AvgIpc) is 3.01. The summed E-state index contributed by atoms with van der Waals surface area (Å²) in [6.45, 7) is 5.95. The van der Waals surface area contributed by atoms with E-state index in [0.29, 0.717) is 6.04 Å². The van der Waals surface area contributed by atoms with Gasteiger partial charge in [0.05, 0.1) is 11.4 Å². The molecule has 2 amide bonds. The highest BCUT2D eigenvalue weighted by Gasteiger charge is 2.36. The highest BCUT2D eigenvalue weighted by molar-refractivity contribution is 6.04. The van der Waals surface area contributed by atoms with E-state index in [9.17, 15) is 4.79 Å². The van der Waals surface area contributed by atoms with Crippen molar-refractivity contribution in [3.63, 3.8) is 0 Å². The van der Waals surface area contributed by atoms with Crippen molar-refractivity contribution in [3.8, 4) is 0 Å². The van der Waals surface area contributed by atoms with Crippen molar-refractivity contribution in [3.05, 3.63) is 53.6 Å². The van der Waals surface area contributed by atoms with Gasteiger partial charge in [0.15, 0.2) is 0 Å². The summed E-state index contributed by atoms with van der Waals surface area (Å²) in [5.74, 6) is 0. The van der Waals surface area contributed by atoms with Gasteiger partial charge in [-0.25, -0.2) is 4.79 Å². The molecule has 4 nitrogen and oxygen atoms in total. The van der Waals surface area contributed by atoms with E-state index in [0.717, 1.165) is 42.0 Å². The van der Waals surface area contributed by atoms with E-state index in [4.69, 9.17) is 0 Å². The van der Waals surface area contributed by atoms with Gasteiger partial charge >= 0.3 is 6.03 Å². The number of aryl methyl sites for hydroxylation is 2. The van der Waals surface area contributed by atoms with Gasteiger partial charge in [-0.1, -0.05) is 18.2 Å². The van der Waals surface area contributed by atoms with Crippen LogP contribution in [0.25, 0.3) is 0 Å². The Kier molecular flexibility index (Phi) is 3.68. The molecule has 1 unspecified atom stereocenters. The Morgan fingerprint density at radius 1 is 1.08 bits per heavy atom. The third-order valence-electron chi connectivity index (χ3n) is 4.97. The summed E-state index contributed by atoms with van der Waals surface area (Å²) in [4.78, 5) is 17.3. The fourth-order valence-electron chi connectivity index (χ4n) is 4.02. The number of fused-ring (bicyclic) bond motifs is 3. The minimum Gasteiger partial charge on any atom is -0.365 e. The smallest absolute Gasteiger partial charge is 0.326 e. The Morgan fingerprint density at radius 2 is 1.79 bits per heavy atom. The van der Waals surface area contributed by atoms with Crippen LogP contribution in [0.5, 0.6) is 0 Å². The largest absolute Gasteiger partial charge is 0.365 e. The molecule has 1 fully saturated rings. The number of urea groups is 1. The zero-order valence-corrected chi connectivity index (χ0v) is 14.2. The Morgan fingerprint density at radius 3 is 2.54 bits per heavy atom. The number of amides is 2. The fourth-order valence-corrected chi connectivity index (χ4v) is 4.02. The van der Waals surface area contributed by atoms with Gasteiger partial charge in [0.2, 0.25) is 0 Å². The second-order valence-electron chi connectivity index (χ2n) is 6.90. The van der Waals surface area contributed by atoms with E-state index in [2.05, 4.69) is 42.3 Å². The van der Waals surface area contributed by atoms with Crippen molar-refractivity contribution in [2.24, 2.45) is 0 Å². The fraction of sp³-hybridized carbons (Fsp3) is 0.350. The predicted molar refractivity (Wildman–Crippen MR) is 99.1 cm³/mol. The van der Waals surface area contributed by atoms with E-state index in [1.807, 2.05) is 29.2 Å². The molecule has 2 aromatic carbocycles. The van der Waals surface area contributed by atoms with Gasteiger partial charge in [0, 0.05) is 24.8 Å². The summed E-state index contributed by atoms with van der Waals surface area (Å²) in [6.07, 6.45) is 2.35. The van der Waals surface area contributed by atoms with Crippen molar-refractivity contribution >= 4 is 23.1 Å². The van der Waals surface area contributed by atoms with Gasteiger partial charge in [-0.05, 0) is 62.1 Å². The third-order valence-corrected chi connectivity index (χ3v) is 4.97. The lowest BCUT2D eigenvalue weighted by atomic mass is 10.1. The number of benzene rings is 2. The first kappa shape index (κ1) is 15.1. The summed E-state index contributed by atoms with van der Waals surface area (Å²) < 4.78 is 0. The van der Waals surface area contributed by atoms with Gasteiger partial charge in [-0.3, -0.25) is 4.90 Å². The van der Waals surface area contributed by atoms with Crippen molar-refractivity contribution in [1.29, 1.82) is 0 Å². The normalized spacial score (nSPS) is 19.0. The lowest BCUT2D eigenvalue weighted by Crippen LogP contribution is -2.49. The second kappa shape index (κ2) is 5.86. The summed E-state index contributed by atoms with van der Waals surface area (Å²) in [5, 5.41) is 3.08. The molecule has 2 heterocycles. The van der Waals surface area contributed by atoms with E-state index in [1.165, 1.54) is 12.1 Å². The van der Waals surface area contributed by atoms with Gasteiger partial charge in [0.1, 0.15) is 0 Å². The first-order valence-corrected chi connectivity index (χ1v) is 8.64. The Bertz CT molecular complexity index is 766. The Labute approximate surface area is 143 Å². The molecular formula is C20H23N3O. The van der Waals surface area contributed by atoms with E-state index in [-0.39, 0.29) is 6.03 Å². The maximum Gasteiger partial charge on any atom is 0.326 e. The van der Waals surface area contributed by atoms with Gasteiger partial charge in [-0.2, -0.15) is 0 Å². The number of carbonyl (C=O) groups is 1. The van der Waals surface area contributed by atoms with E-state index >= 15 is 0 Å². The number of nitrogens with one attached hydrogen (secondary N) is 1. The molecule has 0 radical (unpaired) electrons. The topological polar surface area (TPSA) is 35.6 Å². The molecule has 1 atom stereocenters. The quantitative estimate of drug-likeness (QED) is 0.849. The van der Waals surface area contributed by atoms with Crippen molar-refractivity contribution < 1.29 is 4.79 Å². The summed E-state index contributed by atoms with van der Waals surface area (Å²) in [7, 11) is 0. The van der Waals surface area contributed by atoms with Crippen LogP contribution >= 0.6 is 0 Å². The van der Waals surface area contributed by atoms with Crippen LogP contribution in [-0.2, 0) is 0 Å². The molecule has 124 valence electrons. The van der Waals surface area contributed by atoms with E-state index in [1.54, 1.807) is 0 Å². The first-order chi connectivity index (χ1) is 11.6. The molecule has 0 bridgehead atoms. The molecule has 1 N–H and O–H groups in total. The number of rotatable bonds is 1. The van der Waals surface area contributed by atoms with Crippen LogP contribution in [0, 0.1) is 13.8 Å². The maximum absolute atomic E-state index is 12.9. The number of nitrogens with zero attached hydrogens (tertiary/aromatic N) is 2. The summed E-state index contributed by atoms with van der Waals surface area (Å²) >= 11 is 0. The number of hydrogen-bond acceptors (Lipinski definition) is 2. The molecule has 2 aromatic rings. The standard InChI is InChI=1S/C20H23N3O/c1-14-10-15(2)12-16(11-14)21-20(24)23-13-17-6-5-9-22(17)18-7-3-4-8-19(18)23/h3-4,7-8,10-12,17H,5-6,9,13H2,1-2H3,(H,21,24). The number of hydrogen-bond donors (Lipinski definition) is 1.